The van der Waals surface area contributed by atoms with Crippen LogP contribution in [0.5, 0.6) is 0 Å². The molecule has 0 amide bonds. The van der Waals surface area contributed by atoms with Gasteiger partial charge in [0.25, 0.3) is 0 Å². The van der Waals surface area contributed by atoms with Gasteiger partial charge in [-0.05, 0) is 31.5 Å². The van der Waals surface area contributed by atoms with E-state index in [-0.39, 0.29) is 5.41 Å². The van der Waals surface area contributed by atoms with E-state index < -0.39 is 11.6 Å². The van der Waals surface area contributed by atoms with Gasteiger partial charge in [0.15, 0.2) is 0 Å². The Labute approximate surface area is 141 Å². The molecule has 0 saturated carbocycles. The van der Waals surface area contributed by atoms with E-state index in [2.05, 4.69) is 10.3 Å². The fraction of sp³-hybridized carbons (Fsp3) is 0.471. The second-order valence-corrected chi connectivity index (χ2v) is 7.29. The van der Waals surface area contributed by atoms with E-state index >= 15 is 0 Å². The summed E-state index contributed by atoms with van der Waals surface area (Å²) in [7, 11) is 0. The average molecular weight is 337 g/mol. The molecule has 124 valence electrons. The number of hydrogen-bond donors (Lipinski definition) is 0. The molecule has 6 heteroatoms. The van der Waals surface area contributed by atoms with E-state index in [1.807, 2.05) is 32.9 Å². The highest BCUT2D eigenvalue weighted by molar-refractivity contribution is 6.30. The minimum atomic E-state index is -1.13. The Hall–Kier alpha value is -1.88. The lowest BCUT2D eigenvalue weighted by molar-refractivity contribution is -0.167. The fourth-order valence-electron chi connectivity index (χ4n) is 2.00. The molecule has 0 fully saturated rings. The van der Waals surface area contributed by atoms with Crippen LogP contribution in [0.1, 0.15) is 46.6 Å². The molecule has 1 aliphatic rings. The number of oxime groups is 2. The van der Waals surface area contributed by atoms with Gasteiger partial charge in [-0.3, -0.25) is 0 Å². The summed E-state index contributed by atoms with van der Waals surface area (Å²) in [4.78, 5) is 22.7. The first-order chi connectivity index (χ1) is 10.6. The minimum absolute atomic E-state index is 0.152. The van der Waals surface area contributed by atoms with Crippen molar-refractivity contribution in [1.29, 1.82) is 0 Å². The summed E-state index contributed by atoms with van der Waals surface area (Å²) in [5.74, 6) is -0.561. The molecule has 0 aromatic heterocycles. The molecular weight excluding hydrogens is 316 g/mol. The van der Waals surface area contributed by atoms with Crippen LogP contribution >= 0.6 is 11.6 Å². The summed E-state index contributed by atoms with van der Waals surface area (Å²) >= 11 is 5.84. The number of hydrogen-bond acceptors (Lipinski definition) is 5. The van der Waals surface area contributed by atoms with Crippen molar-refractivity contribution >= 4 is 29.0 Å². The molecule has 0 spiro atoms. The van der Waals surface area contributed by atoms with Crippen molar-refractivity contribution in [2.45, 2.75) is 46.6 Å². The van der Waals surface area contributed by atoms with Crippen LogP contribution < -0.4 is 0 Å². The predicted octanol–water partition coefficient (Wildman–Crippen LogP) is 4.19. The number of carbonyl (C=O) groups is 1. The first-order valence-corrected chi connectivity index (χ1v) is 7.77. The zero-order valence-electron chi connectivity index (χ0n) is 14.0. The number of nitrogens with zero attached hydrogens (tertiary/aromatic N) is 2. The largest absolute Gasteiger partial charge is 0.381 e. The van der Waals surface area contributed by atoms with Gasteiger partial charge in [0.2, 0.25) is 5.60 Å². The lowest BCUT2D eigenvalue weighted by Crippen LogP contribution is -2.37. The predicted molar refractivity (Wildman–Crippen MR) is 90.8 cm³/mol. The molecule has 0 bridgehead atoms. The van der Waals surface area contributed by atoms with Crippen molar-refractivity contribution in [3.8, 4) is 0 Å². The van der Waals surface area contributed by atoms with Gasteiger partial charge in [-0.2, -0.15) is 0 Å². The number of carbonyl (C=O) groups excluding carboxylic acids is 1. The van der Waals surface area contributed by atoms with Crippen LogP contribution in [-0.4, -0.2) is 23.0 Å². The van der Waals surface area contributed by atoms with E-state index in [1.165, 1.54) is 0 Å². The Morgan fingerprint density at radius 1 is 1.35 bits per heavy atom. The van der Waals surface area contributed by atoms with Crippen LogP contribution in [0.15, 0.2) is 34.6 Å². The molecule has 1 atom stereocenters. The topological polar surface area (TPSA) is 60.2 Å². The highest BCUT2D eigenvalue weighted by atomic mass is 35.5. The molecule has 1 aromatic rings. The molecule has 1 heterocycles. The van der Waals surface area contributed by atoms with Crippen molar-refractivity contribution in [2.75, 3.05) is 0 Å². The highest BCUT2D eigenvalue weighted by Crippen LogP contribution is 2.32. The Balaban J connectivity index is 2.02. The van der Waals surface area contributed by atoms with Crippen LogP contribution in [0, 0.1) is 5.41 Å². The van der Waals surface area contributed by atoms with Gasteiger partial charge in [-0.25, -0.2) is 4.79 Å². The zero-order chi connectivity index (χ0) is 17.3. The molecule has 1 aliphatic heterocycles. The van der Waals surface area contributed by atoms with Gasteiger partial charge in [-0.15, -0.1) is 0 Å². The van der Waals surface area contributed by atoms with E-state index in [4.69, 9.17) is 21.3 Å². The maximum Gasteiger partial charge on any atom is 0.381 e. The summed E-state index contributed by atoms with van der Waals surface area (Å²) in [6.45, 7) is 9.48. The van der Waals surface area contributed by atoms with E-state index in [1.54, 1.807) is 26.0 Å². The van der Waals surface area contributed by atoms with E-state index in [0.29, 0.717) is 17.2 Å². The number of rotatable bonds is 3. The molecule has 0 radical (unpaired) electrons. The molecule has 0 N–H and O–H groups in total. The Bertz CT molecular complexity index is 659. The molecule has 23 heavy (non-hydrogen) atoms. The second-order valence-electron chi connectivity index (χ2n) is 6.85. The lowest BCUT2D eigenvalue weighted by Gasteiger charge is -2.20. The first-order valence-electron chi connectivity index (χ1n) is 7.39. The van der Waals surface area contributed by atoms with Crippen molar-refractivity contribution < 1.29 is 14.5 Å². The van der Waals surface area contributed by atoms with E-state index in [0.717, 1.165) is 11.3 Å². The molecule has 0 saturated heterocycles. The van der Waals surface area contributed by atoms with Crippen molar-refractivity contribution in [3.63, 3.8) is 0 Å². The average Bonchev–Trinajstić information content (AvgIpc) is 2.89. The van der Waals surface area contributed by atoms with Crippen LogP contribution in [0.3, 0.4) is 0 Å². The summed E-state index contributed by atoms with van der Waals surface area (Å²) in [5.41, 5.74) is 0.947. The number of halogens is 1. The minimum Gasteiger partial charge on any atom is -0.377 e. The summed E-state index contributed by atoms with van der Waals surface area (Å²) in [6.07, 6.45) is 0.394. The molecule has 0 aliphatic carbocycles. The Kier molecular flexibility index (Phi) is 4.80. The quantitative estimate of drug-likeness (QED) is 0.472. The fourth-order valence-corrected chi connectivity index (χ4v) is 2.13. The molecule has 1 unspecified atom stereocenters. The van der Waals surface area contributed by atoms with E-state index in [9.17, 15) is 4.79 Å². The van der Waals surface area contributed by atoms with Crippen LogP contribution in [0.4, 0.5) is 0 Å². The van der Waals surface area contributed by atoms with Gasteiger partial charge in [0, 0.05) is 16.9 Å². The molecule has 2 rings (SSSR count). The lowest BCUT2D eigenvalue weighted by atomic mass is 9.84. The van der Waals surface area contributed by atoms with Gasteiger partial charge >= 0.3 is 5.97 Å². The van der Waals surface area contributed by atoms with Crippen molar-refractivity contribution in [2.24, 2.45) is 15.7 Å². The Morgan fingerprint density at radius 2 is 1.96 bits per heavy atom. The third-order valence-electron chi connectivity index (χ3n) is 3.69. The highest BCUT2D eigenvalue weighted by Gasteiger charge is 2.46. The van der Waals surface area contributed by atoms with Crippen molar-refractivity contribution in [3.05, 3.63) is 34.9 Å². The monoisotopic (exact) mass is 336 g/mol. The summed E-state index contributed by atoms with van der Waals surface area (Å²) < 4.78 is 0. The third-order valence-corrected chi connectivity index (χ3v) is 3.94. The zero-order valence-corrected chi connectivity index (χ0v) is 14.8. The standard InChI is InChI=1S/C17H21ClN2O3/c1-11(12-6-8-13(18)9-7-12)19-22-15(21)17(5)10-14(20-23-17)16(2,3)4/h6-9H,10H2,1-5H3/b19-11+. The third kappa shape index (κ3) is 4.10. The summed E-state index contributed by atoms with van der Waals surface area (Å²) in [6, 6.07) is 7.12. The van der Waals surface area contributed by atoms with Crippen LogP contribution in [0.2, 0.25) is 5.02 Å². The molecule has 1 aromatic carbocycles. The molecular formula is C17H21ClN2O3. The van der Waals surface area contributed by atoms with Gasteiger partial charge in [0.05, 0.1) is 11.4 Å². The van der Waals surface area contributed by atoms with Crippen LogP contribution in [-0.2, 0) is 14.5 Å². The van der Waals surface area contributed by atoms with Crippen molar-refractivity contribution in [1.82, 2.24) is 0 Å². The maximum absolute atomic E-state index is 12.3. The molecule has 5 nitrogen and oxygen atoms in total. The van der Waals surface area contributed by atoms with Gasteiger partial charge in [0.1, 0.15) is 0 Å². The van der Waals surface area contributed by atoms with Gasteiger partial charge < -0.3 is 9.68 Å². The summed E-state index contributed by atoms with van der Waals surface area (Å²) in [5, 5.41) is 8.56. The number of benzene rings is 1. The smallest absolute Gasteiger partial charge is 0.377 e. The first kappa shape index (κ1) is 17.5. The normalized spacial score (nSPS) is 21.7. The SMILES string of the molecule is C/C(=N\OC(=O)C1(C)CC(C(C)(C)C)=NO1)c1ccc(Cl)cc1. The maximum atomic E-state index is 12.3. The van der Waals surface area contributed by atoms with Gasteiger partial charge in [-0.1, -0.05) is 54.8 Å². The Morgan fingerprint density at radius 3 is 2.48 bits per heavy atom. The second kappa shape index (κ2) is 6.32. The van der Waals surface area contributed by atoms with Crippen LogP contribution in [0.25, 0.3) is 0 Å².